The predicted octanol–water partition coefficient (Wildman–Crippen LogP) is 3.00. The zero-order valence-electron chi connectivity index (χ0n) is 9.59. The van der Waals surface area contributed by atoms with E-state index in [1.165, 1.54) is 37.4 Å². The Kier molecular flexibility index (Phi) is 5.20. The predicted molar refractivity (Wildman–Crippen MR) is 69.6 cm³/mol. The van der Waals surface area contributed by atoms with E-state index in [0.29, 0.717) is 17.4 Å². The van der Waals surface area contributed by atoms with Crippen molar-refractivity contribution in [3.05, 3.63) is 11.7 Å². The molecule has 4 nitrogen and oxygen atoms in total. The maximum atomic E-state index is 8.41. The zero-order valence-corrected chi connectivity index (χ0v) is 11.2. The molecule has 92 valence electrons. The quantitative estimate of drug-likeness (QED) is 0.740. The second kappa shape index (κ2) is 6.92. The van der Waals surface area contributed by atoms with E-state index in [-0.39, 0.29) is 0 Å². The molecule has 1 aromatic rings. The van der Waals surface area contributed by atoms with Crippen molar-refractivity contribution >= 4 is 23.5 Å². The molecule has 0 radical (unpaired) electrons. The van der Waals surface area contributed by atoms with Crippen molar-refractivity contribution in [1.29, 1.82) is 5.26 Å². The minimum atomic E-state index is 0.467. The standard InChI is InChI=1S/C11H15N3OS2/c12-5-6-16-8-11-13-10(14-15-11)7-17-9-3-1-2-4-9/h9H,1-4,6-8H2. The summed E-state index contributed by atoms with van der Waals surface area (Å²) in [6, 6.07) is 2.08. The average Bonchev–Trinajstić information content (AvgIpc) is 2.98. The minimum absolute atomic E-state index is 0.467. The highest BCUT2D eigenvalue weighted by Crippen LogP contribution is 2.31. The summed E-state index contributed by atoms with van der Waals surface area (Å²) in [5.74, 6) is 3.36. The number of hydrogen-bond donors (Lipinski definition) is 0. The van der Waals surface area contributed by atoms with E-state index in [9.17, 15) is 0 Å². The molecule has 0 bridgehead atoms. The molecule has 6 heteroatoms. The zero-order chi connectivity index (χ0) is 11.9. The largest absolute Gasteiger partial charge is 0.338 e. The molecule has 2 rings (SSSR count). The first-order chi connectivity index (χ1) is 8.38. The van der Waals surface area contributed by atoms with Gasteiger partial charge >= 0.3 is 0 Å². The molecule has 0 aromatic carbocycles. The molecule has 0 unspecified atom stereocenters. The van der Waals surface area contributed by atoms with Crippen molar-refractivity contribution in [2.75, 3.05) is 5.75 Å². The number of nitrogens with zero attached hydrogens (tertiary/aromatic N) is 3. The fourth-order valence-electron chi connectivity index (χ4n) is 1.84. The number of thioether (sulfide) groups is 2. The summed E-state index contributed by atoms with van der Waals surface area (Å²) in [6.07, 6.45) is 5.38. The third-order valence-corrected chi connectivity index (χ3v) is 4.80. The van der Waals surface area contributed by atoms with Crippen LogP contribution in [0.4, 0.5) is 0 Å². The molecule has 0 N–H and O–H groups in total. The second-order valence-electron chi connectivity index (χ2n) is 3.97. The highest BCUT2D eigenvalue weighted by atomic mass is 32.2. The fourth-order valence-corrected chi connectivity index (χ4v) is 3.49. The Hall–Kier alpha value is -0.670. The van der Waals surface area contributed by atoms with Gasteiger partial charge in [0.25, 0.3) is 0 Å². The smallest absolute Gasteiger partial charge is 0.236 e. The molecule has 0 atom stereocenters. The topological polar surface area (TPSA) is 62.7 Å². The summed E-state index contributed by atoms with van der Waals surface area (Å²) < 4.78 is 5.12. The van der Waals surface area contributed by atoms with Gasteiger partial charge in [-0.05, 0) is 12.8 Å². The minimum Gasteiger partial charge on any atom is -0.338 e. The Balaban J connectivity index is 1.71. The number of nitriles is 1. The van der Waals surface area contributed by atoms with Gasteiger partial charge in [-0.3, -0.25) is 0 Å². The summed E-state index contributed by atoms with van der Waals surface area (Å²) in [5, 5.41) is 13.1. The van der Waals surface area contributed by atoms with Gasteiger partial charge in [0.15, 0.2) is 5.82 Å². The van der Waals surface area contributed by atoms with E-state index in [4.69, 9.17) is 9.78 Å². The third kappa shape index (κ3) is 4.25. The summed E-state index contributed by atoms with van der Waals surface area (Å²) in [5.41, 5.74) is 0. The number of rotatable bonds is 6. The van der Waals surface area contributed by atoms with Crippen LogP contribution in [0.1, 0.15) is 37.4 Å². The summed E-state index contributed by atoms with van der Waals surface area (Å²) in [6.45, 7) is 0. The molecule has 1 aromatic heterocycles. The van der Waals surface area contributed by atoms with Crippen LogP contribution in [0.15, 0.2) is 4.52 Å². The van der Waals surface area contributed by atoms with Gasteiger partial charge in [0, 0.05) is 5.25 Å². The molecule has 1 heterocycles. The Bertz CT molecular complexity index is 382. The van der Waals surface area contributed by atoms with Gasteiger partial charge in [0.1, 0.15) is 0 Å². The lowest BCUT2D eigenvalue weighted by Crippen LogP contribution is -1.96. The van der Waals surface area contributed by atoms with Crippen LogP contribution in [0, 0.1) is 11.3 Å². The summed E-state index contributed by atoms with van der Waals surface area (Å²) >= 11 is 3.43. The van der Waals surface area contributed by atoms with Crippen molar-refractivity contribution in [1.82, 2.24) is 10.1 Å². The maximum Gasteiger partial charge on any atom is 0.236 e. The van der Waals surface area contributed by atoms with Crippen LogP contribution in [0.2, 0.25) is 0 Å². The van der Waals surface area contributed by atoms with Gasteiger partial charge < -0.3 is 4.52 Å². The van der Waals surface area contributed by atoms with Crippen molar-refractivity contribution in [3.63, 3.8) is 0 Å². The van der Waals surface area contributed by atoms with Crippen LogP contribution in [0.25, 0.3) is 0 Å². The van der Waals surface area contributed by atoms with E-state index >= 15 is 0 Å². The SMILES string of the molecule is N#CCSCc1nc(CSC2CCCC2)no1. The monoisotopic (exact) mass is 269 g/mol. The normalized spacial score (nSPS) is 16.2. The lowest BCUT2D eigenvalue weighted by Gasteiger charge is -2.04. The molecule has 1 saturated carbocycles. The lowest BCUT2D eigenvalue weighted by atomic mass is 10.4. The van der Waals surface area contributed by atoms with Crippen LogP contribution < -0.4 is 0 Å². The Morgan fingerprint density at radius 2 is 2.18 bits per heavy atom. The second-order valence-corrected chi connectivity index (χ2v) is 6.25. The summed E-state index contributed by atoms with van der Waals surface area (Å²) in [4.78, 5) is 4.31. The first-order valence-electron chi connectivity index (χ1n) is 5.76. The third-order valence-electron chi connectivity index (χ3n) is 2.65. The van der Waals surface area contributed by atoms with E-state index in [0.717, 1.165) is 16.8 Å². The Morgan fingerprint density at radius 3 is 2.94 bits per heavy atom. The number of hydrogen-bond acceptors (Lipinski definition) is 6. The molecule has 0 amide bonds. The van der Waals surface area contributed by atoms with Crippen LogP contribution in [0.3, 0.4) is 0 Å². The Labute approximate surface area is 110 Å². The molecule has 0 aliphatic heterocycles. The molecule has 17 heavy (non-hydrogen) atoms. The molecule has 0 spiro atoms. The first-order valence-corrected chi connectivity index (χ1v) is 7.96. The first kappa shape index (κ1) is 12.8. The van der Waals surface area contributed by atoms with Crippen LogP contribution >= 0.6 is 23.5 Å². The van der Waals surface area contributed by atoms with E-state index in [1.54, 1.807) is 0 Å². The van der Waals surface area contributed by atoms with Crippen molar-refractivity contribution < 1.29 is 4.52 Å². The van der Waals surface area contributed by atoms with Crippen molar-refractivity contribution in [2.45, 2.75) is 42.4 Å². The van der Waals surface area contributed by atoms with Gasteiger partial charge in [-0.25, -0.2) is 0 Å². The highest BCUT2D eigenvalue weighted by Gasteiger charge is 2.16. The van der Waals surface area contributed by atoms with Gasteiger partial charge in [0.05, 0.1) is 23.3 Å². The fraction of sp³-hybridized carbons (Fsp3) is 0.727. The maximum absolute atomic E-state index is 8.41. The lowest BCUT2D eigenvalue weighted by molar-refractivity contribution is 0.386. The summed E-state index contributed by atoms with van der Waals surface area (Å²) in [7, 11) is 0. The Morgan fingerprint density at radius 1 is 1.35 bits per heavy atom. The van der Waals surface area contributed by atoms with Gasteiger partial charge in [0.2, 0.25) is 5.89 Å². The van der Waals surface area contributed by atoms with E-state index in [2.05, 4.69) is 16.2 Å². The molecule has 1 aliphatic carbocycles. The van der Waals surface area contributed by atoms with Crippen LogP contribution in [-0.4, -0.2) is 21.1 Å². The van der Waals surface area contributed by atoms with Crippen molar-refractivity contribution in [2.24, 2.45) is 0 Å². The molecule has 1 aliphatic rings. The van der Waals surface area contributed by atoms with E-state index in [1.807, 2.05) is 11.8 Å². The van der Waals surface area contributed by atoms with Crippen LogP contribution in [0.5, 0.6) is 0 Å². The number of aromatic nitrogens is 2. The van der Waals surface area contributed by atoms with Crippen LogP contribution in [-0.2, 0) is 11.5 Å². The van der Waals surface area contributed by atoms with Crippen molar-refractivity contribution in [3.8, 4) is 6.07 Å². The average molecular weight is 269 g/mol. The molecular formula is C11H15N3OS2. The highest BCUT2D eigenvalue weighted by molar-refractivity contribution is 7.99. The molecule has 0 saturated heterocycles. The molecule has 1 fully saturated rings. The van der Waals surface area contributed by atoms with Gasteiger partial charge in [-0.2, -0.15) is 22.0 Å². The van der Waals surface area contributed by atoms with Gasteiger partial charge in [-0.15, -0.1) is 11.8 Å². The molecular weight excluding hydrogens is 254 g/mol. The van der Waals surface area contributed by atoms with Gasteiger partial charge in [-0.1, -0.05) is 18.0 Å². The van der Waals surface area contributed by atoms with E-state index < -0.39 is 0 Å².